The fourth-order valence-electron chi connectivity index (χ4n) is 2.94. The van der Waals surface area contributed by atoms with Crippen molar-refractivity contribution < 1.29 is 9.39 Å². The van der Waals surface area contributed by atoms with Crippen LogP contribution in [0.4, 0.5) is 0 Å². The maximum atomic E-state index is 7.50. The van der Waals surface area contributed by atoms with Gasteiger partial charge in [0.25, 0.3) is 0 Å². The second-order valence-corrected chi connectivity index (χ2v) is 6.17. The Morgan fingerprint density at radius 2 is 1.48 bits per heavy atom. The number of benzene rings is 1. The van der Waals surface area contributed by atoms with E-state index in [2.05, 4.69) is 35.7 Å². The van der Waals surface area contributed by atoms with Gasteiger partial charge in [0.05, 0.1) is 0 Å². The summed E-state index contributed by atoms with van der Waals surface area (Å²) in [4.78, 5) is 8.32. The SMILES string of the molecule is CC.Cc1cnc(Oc2ccc(C3CCC(C)CC3)cc2)nc1.[C-]#[O+]. The molecule has 0 unspecified atom stereocenters. The van der Waals surface area contributed by atoms with Gasteiger partial charge in [-0.05, 0) is 54.9 Å². The Kier molecular flexibility index (Phi) is 9.53. The molecule has 4 nitrogen and oxygen atoms in total. The van der Waals surface area contributed by atoms with E-state index in [1.165, 1.54) is 31.2 Å². The van der Waals surface area contributed by atoms with Gasteiger partial charge in [0.1, 0.15) is 5.75 Å². The molecule has 0 N–H and O–H groups in total. The van der Waals surface area contributed by atoms with Crippen LogP contribution >= 0.6 is 0 Å². The average molecular weight is 340 g/mol. The molecule has 1 fully saturated rings. The van der Waals surface area contributed by atoms with E-state index in [1.54, 1.807) is 12.4 Å². The van der Waals surface area contributed by atoms with Gasteiger partial charge in [-0.15, -0.1) is 0 Å². The van der Waals surface area contributed by atoms with E-state index < -0.39 is 0 Å². The molecule has 0 radical (unpaired) electrons. The summed E-state index contributed by atoms with van der Waals surface area (Å²) in [5.74, 6) is 2.40. The number of ether oxygens (including phenoxy) is 1. The van der Waals surface area contributed by atoms with Crippen molar-refractivity contribution >= 4 is 0 Å². The monoisotopic (exact) mass is 340 g/mol. The molecule has 1 aliphatic rings. The number of aromatic nitrogens is 2. The minimum atomic E-state index is 0.403. The molecule has 2 aromatic rings. The van der Waals surface area contributed by atoms with Crippen molar-refractivity contribution in [2.45, 2.75) is 59.3 Å². The van der Waals surface area contributed by atoms with Crippen LogP contribution in [0.3, 0.4) is 0 Å². The van der Waals surface area contributed by atoms with Crippen LogP contribution in [0, 0.1) is 19.5 Å². The third-order valence-corrected chi connectivity index (χ3v) is 4.33. The molecule has 0 atom stereocenters. The maximum absolute atomic E-state index is 7.50. The van der Waals surface area contributed by atoms with Gasteiger partial charge in [0.15, 0.2) is 0 Å². The van der Waals surface area contributed by atoms with E-state index in [0.717, 1.165) is 17.2 Å². The van der Waals surface area contributed by atoms with Gasteiger partial charge >= 0.3 is 17.3 Å². The number of aryl methyl sites for hydroxylation is 1. The van der Waals surface area contributed by atoms with Crippen molar-refractivity contribution in [2.24, 2.45) is 5.92 Å². The molecule has 1 heterocycles. The summed E-state index contributed by atoms with van der Waals surface area (Å²) in [5, 5.41) is 0. The second-order valence-electron chi connectivity index (χ2n) is 6.17. The summed E-state index contributed by atoms with van der Waals surface area (Å²) in [6.07, 6.45) is 8.84. The van der Waals surface area contributed by atoms with Crippen LogP contribution in [-0.4, -0.2) is 9.97 Å². The summed E-state index contributed by atoms with van der Waals surface area (Å²) in [6, 6.07) is 8.82. The van der Waals surface area contributed by atoms with Gasteiger partial charge in [-0.2, -0.15) is 0 Å². The molecule has 1 aromatic carbocycles. The molecule has 1 saturated carbocycles. The topological polar surface area (TPSA) is 54.9 Å². The van der Waals surface area contributed by atoms with Gasteiger partial charge in [-0.1, -0.05) is 45.7 Å². The molecular formula is C21H28N2O2. The fourth-order valence-corrected chi connectivity index (χ4v) is 2.94. The third-order valence-electron chi connectivity index (χ3n) is 4.33. The van der Waals surface area contributed by atoms with Crippen molar-refractivity contribution in [3.8, 4) is 11.8 Å². The summed E-state index contributed by atoms with van der Waals surface area (Å²) in [7, 11) is 0. The molecule has 0 spiro atoms. The van der Waals surface area contributed by atoms with Crippen LogP contribution in [0.1, 0.15) is 63.5 Å². The molecule has 0 aliphatic heterocycles. The van der Waals surface area contributed by atoms with Crippen LogP contribution in [0.5, 0.6) is 11.8 Å². The summed E-state index contributed by atoms with van der Waals surface area (Å²) >= 11 is 0. The van der Waals surface area contributed by atoms with Crippen LogP contribution in [-0.2, 0) is 4.65 Å². The minimum absolute atomic E-state index is 0.403. The Morgan fingerprint density at radius 1 is 0.960 bits per heavy atom. The normalized spacial score (nSPS) is 18.8. The first kappa shape index (κ1) is 20.9. The fraction of sp³-hybridized carbons (Fsp3) is 0.476. The molecule has 4 heteroatoms. The van der Waals surface area contributed by atoms with Crippen LogP contribution in [0.15, 0.2) is 36.7 Å². The van der Waals surface area contributed by atoms with Crippen LogP contribution in [0.2, 0.25) is 0 Å². The number of hydrogen-bond acceptors (Lipinski definition) is 3. The first-order valence-electron chi connectivity index (χ1n) is 8.97. The molecule has 25 heavy (non-hydrogen) atoms. The van der Waals surface area contributed by atoms with E-state index >= 15 is 0 Å². The summed E-state index contributed by atoms with van der Waals surface area (Å²) in [6.45, 7) is 12.8. The predicted molar refractivity (Wildman–Crippen MR) is 98.9 cm³/mol. The summed E-state index contributed by atoms with van der Waals surface area (Å²) in [5.41, 5.74) is 2.46. The van der Waals surface area contributed by atoms with E-state index in [4.69, 9.17) is 9.39 Å². The number of nitrogens with zero attached hydrogens (tertiary/aromatic N) is 2. The Labute approximate surface area is 151 Å². The quantitative estimate of drug-likeness (QED) is 0.519. The van der Waals surface area contributed by atoms with Crippen molar-refractivity contribution in [3.05, 3.63) is 54.4 Å². The van der Waals surface area contributed by atoms with Gasteiger partial charge in [0, 0.05) is 12.4 Å². The zero-order valence-electron chi connectivity index (χ0n) is 15.7. The predicted octanol–water partition coefficient (Wildman–Crippen LogP) is 5.86. The molecule has 1 aromatic heterocycles. The summed E-state index contributed by atoms with van der Waals surface area (Å²) < 4.78 is 13.2. The van der Waals surface area contributed by atoms with Crippen LogP contribution in [0.25, 0.3) is 0 Å². The van der Waals surface area contributed by atoms with Crippen molar-refractivity contribution in [1.29, 1.82) is 0 Å². The molecule has 0 amide bonds. The molecular weight excluding hydrogens is 312 g/mol. The third kappa shape index (κ3) is 6.69. The Balaban J connectivity index is 0.000000730. The number of rotatable bonds is 3. The van der Waals surface area contributed by atoms with E-state index in [-0.39, 0.29) is 0 Å². The average Bonchev–Trinajstić information content (AvgIpc) is 2.68. The zero-order valence-corrected chi connectivity index (χ0v) is 15.7. The van der Waals surface area contributed by atoms with Gasteiger partial charge in [0.2, 0.25) is 0 Å². The standard InChI is InChI=1S/C18H22N2O.C2H6.CO/c1-13-3-5-15(6-4-13)16-7-9-17(10-8-16)21-18-19-11-14(2)12-20-18;2*1-2/h7-13,15H,3-6H2,1-2H3;1-2H3;. The van der Waals surface area contributed by atoms with Crippen molar-refractivity contribution in [3.63, 3.8) is 0 Å². The van der Waals surface area contributed by atoms with Gasteiger partial charge < -0.3 is 4.74 Å². The van der Waals surface area contributed by atoms with E-state index in [9.17, 15) is 0 Å². The van der Waals surface area contributed by atoms with Crippen molar-refractivity contribution in [2.75, 3.05) is 0 Å². The first-order valence-corrected chi connectivity index (χ1v) is 8.97. The molecule has 3 rings (SSSR count). The van der Waals surface area contributed by atoms with Gasteiger partial charge in [-0.25, -0.2) is 9.97 Å². The van der Waals surface area contributed by atoms with E-state index in [1.807, 2.05) is 32.9 Å². The van der Waals surface area contributed by atoms with Crippen molar-refractivity contribution in [1.82, 2.24) is 9.97 Å². The van der Waals surface area contributed by atoms with Crippen LogP contribution < -0.4 is 4.74 Å². The molecule has 0 bridgehead atoms. The zero-order chi connectivity index (χ0) is 18.7. The Hall–Kier alpha value is -2.16. The van der Waals surface area contributed by atoms with E-state index in [0.29, 0.717) is 11.9 Å². The first-order chi connectivity index (χ1) is 12.2. The molecule has 0 saturated heterocycles. The number of hydrogen-bond donors (Lipinski definition) is 0. The molecule has 134 valence electrons. The Bertz CT molecular complexity index is 613. The second kappa shape index (κ2) is 11.4. The molecule has 1 aliphatic carbocycles. The Morgan fingerprint density at radius 3 is 2.00 bits per heavy atom. The van der Waals surface area contributed by atoms with Gasteiger partial charge in [-0.3, -0.25) is 0 Å².